The number of oxime groups is 1. The molecule has 1 fully saturated rings. The van der Waals surface area contributed by atoms with E-state index in [-0.39, 0.29) is 17.9 Å². The molecule has 1 aliphatic heterocycles. The topological polar surface area (TPSA) is 41.9 Å². The van der Waals surface area contributed by atoms with Crippen LogP contribution in [0.3, 0.4) is 0 Å². The second kappa shape index (κ2) is 6.34. The van der Waals surface area contributed by atoms with E-state index < -0.39 is 0 Å². The first kappa shape index (κ1) is 14.8. The quantitative estimate of drug-likeness (QED) is 0.758. The molecule has 1 aromatic rings. The van der Waals surface area contributed by atoms with Gasteiger partial charge in [0.1, 0.15) is 0 Å². The van der Waals surface area contributed by atoms with Gasteiger partial charge in [-0.3, -0.25) is 4.79 Å². The van der Waals surface area contributed by atoms with E-state index in [2.05, 4.69) is 42.9 Å². The SMILES string of the molecule is C=CCN(CC1CC(c2ccc(C)cc2)=NO1)C(=O)C1CC1. The van der Waals surface area contributed by atoms with Gasteiger partial charge in [-0.15, -0.1) is 6.58 Å². The molecule has 0 bridgehead atoms. The number of hydrogen-bond donors (Lipinski definition) is 0. The molecule has 0 saturated heterocycles. The predicted molar refractivity (Wildman–Crippen MR) is 86.7 cm³/mol. The number of aryl methyl sites for hydroxylation is 1. The largest absolute Gasteiger partial charge is 0.390 e. The highest BCUT2D eigenvalue weighted by atomic mass is 16.6. The molecule has 1 atom stereocenters. The summed E-state index contributed by atoms with van der Waals surface area (Å²) in [6, 6.07) is 8.28. The van der Waals surface area contributed by atoms with Gasteiger partial charge in [0.05, 0.1) is 12.3 Å². The maximum absolute atomic E-state index is 12.3. The Balaban J connectivity index is 1.59. The first-order valence-corrected chi connectivity index (χ1v) is 7.87. The summed E-state index contributed by atoms with van der Waals surface area (Å²) in [7, 11) is 0. The number of benzene rings is 1. The Morgan fingerprint density at radius 3 is 2.77 bits per heavy atom. The zero-order valence-electron chi connectivity index (χ0n) is 13.0. The minimum Gasteiger partial charge on any atom is -0.390 e. The molecular weight excluding hydrogens is 276 g/mol. The van der Waals surface area contributed by atoms with Gasteiger partial charge in [-0.1, -0.05) is 41.1 Å². The third kappa shape index (κ3) is 3.38. The minimum atomic E-state index is -0.0565. The van der Waals surface area contributed by atoms with Crippen molar-refractivity contribution in [2.45, 2.75) is 32.3 Å². The minimum absolute atomic E-state index is 0.0565. The van der Waals surface area contributed by atoms with E-state index in [1.54, 1.807) is 6.08 Å². The molecule has 3 rings (SSSR count). The summed E-state index contributed by atoms with van der Waals surface area (Å²) in [6.45, 7) is 6.97. The molecule has 1 heterocycles. The van der Waals surface area contributed by atoms with Crippen molar-refractivity contribution in [2.75, 3.05) is 13.1 Å². The average molecular weight is 298 g/mol. The monoisotopic (exact) mass is 298 g/mol. The number of rotatable bonds is 6. The molecule has 1 unspecified atom stereocenters. The summed E-state index contributed by atoms with van der Waals surface area (Å²) < 4.78 is 0. The summed E-state index contributed by atoms with van der Waals surface area (Å²) in [5, 5.41) is 4.20. The first-order valence-electron chi connectivity index (χ1n) is 7.87. The Morgan fingerprint density at radius 1 is 1.41 bits per heavy atom. The molecule has 0 spiro atoms. The van der Waals surface area contributed by atoms with E-state index in [9.17, 15) is 4.79 Å². The molecule has 0 radical (unpaired) electrons. The van der Waals surface area contributed by atoms with Gasteiger partial charge in [0.15, 0.2) is 6.10 Å². The van der Waals surface area contributed by atoms with Gasteiger partial charge < -0.3 is 9.74 Å². The van der Waals surface area contributed by atoms with Crippen LogP contribution in [0, 0.1) is 12.8 Å². The van der Waals surface area contributed by atoms with Crippen molar-refractivity contribution < 1.29 is 9.63 Å². The van der Waals surface area contributed by atoms with Gasteiger partial charge in [0.25, 0.3) is 0 Å². The van der Waals surface area contributed by atoms with E-state index in [1.807, 2.05) is 4.90 Å². The molecule has 1 aromatic carbocycles. The van der Waals surface area contributed by atoms with Crippen molar-refractivity contribution in [1.29, 1.82) is 0 Å². The molecule has 1 aliphatic carbocycles. The molecular formula is C18H22N2O2. The third-order valence-corrected chi connectivity index (χ3v) is 4.13. The summed E-state index contributed by atoms with van der Waals surface area (Å²) in [5.74, 6) is 0.450. The zero-order chi connectivity index (χ0) is 15.5. The average Bonchev–Trinajstić information content (AvgIpc) is 3.27. The number of hydrogen-bond acceptors (Lipinski definition) is 3. The normalized spacial score (nSPS) is 20.2. The maximum Gasteiger partial charge on any atom is 0.226 e. The van der Waals surface area contributed by atoms with Crippen LogP contribution in [0.4, 0.5) is 0 Å². The molecule has 0 N–H and O–H groups in total. The van der Waals surface area contributed by atoms with Crippen LogP contribution in [0.5, 0.6) is 0 Å². The lowest BCUT2D eigenvalue weighted by atomic mass is 10.0. The van der Waals surface area contributed by atoms with Gasteiger partial charge in [-0.2, -0.15) is 0 Å². The Kier molecular flexibility index (Phi) is 4.27. The number of amides is 1. The summed E-state index contributed by atoms with van der Waals surface area (Å²) >= 11 is 0. The highest BCUT2D eigenvalue weighted by molar-refractivity contribution is 6.01. The van der Waals surface area contributed by atoms with E-state index in [1.165, 1.54) is 5.56 Å². The number of nitrogens with zero attached hydrogens (tertiary/aromatic N) is 2. The lowest BCUT2D eigenvalue weighted by Gasteiger charge is -2.23. The van der Waals surface area contributed by atoms with Crippen LogP contribution in [0.25, 0.3) is 0 Å². The van der Waals surface area contributed by atoms with Crippen molar-refractivity contribution in [3.05, 3.63) is 48.0 Å². The fourth-order valence-corrected chi connectivity index (χ4v) is 2.69. The van der Waals surface area contributed by atoms with E-state index in [4.69, 9.17) is 4.84 Å². The number of carbonyl (C=O) groups is 1. The fourth-order valence-electron chi connectivity index (χ4n) is 2.69. The summed E-state index contributed by atoms with van der Waals surface area (Å²) in [5.41, 5.74) is 3.28. The second-order valence-corrected chi connectivity index (χ2v) is 6.14. The molecule has 1 amide bonds. The molecule has 1 saturated carbocycles. The van der Waals surface area contributed by atoms with Crippen LogP contribution in [-0.4, -0.2) is 35.7 Å². The van der Waals surface area contributed by atoms with E-state index in [0.29, 0.717) is 13.1 Å². The lowest BCUT2D eigenvalue weighted by Crippen LogP contribution is -2.38. The van der Waals surface area contributed by atoms with Crippen LogP contribution >= 0.6 is 0 Å². The highest BCUT2D eigenvalue weighted by Crippen LogP contribution is 2.31. The van der Waals surface area contributed by atoms with E-state index >= 15 is 0 Å². The van der Waals surface area contributed by atoms with Gasteiger partial charge in [0, 0.05) is 18.9 Å². The van der Waals surface area contributed by atoms with Crippen molar-refractivity contribution in [1.82, 2.24) is 4.90 Å². The Morgan fingerprint density at radius 2 is 2.14 bits per heavy atom. The first-order chi connectivity index (χ1) is 10.7. The van der Waals surface area contributed by atoms with Crippen LogP contribution in [0.1, 0.15) is 30.4 Å². The summed E-state index contributed by atoms with van der Waals surface area (Å²) in [4.78, 5) is 19.6. The van der Waals surface area contributed by atoms with Gasteiger partial charge in [-0.05, 0) is 25.3 Å². The third-order valence-electron chi connectivity index (χ3n) is 4.13. The molecule has 0 aromatic heterocycles. The standard InChI is InChI=1S/C18H22N2O2/c1-3-10-20(18(21)15-8-9-15)12-16-11-17(19-22-16)14-6-4-13(2)5-7-14/h3-7,15-16H,1,8-12H2,2H3. The fraction of sp³-hybridized carbons (Fsp3) is 0.444. The zero-order valence-corrected chi connectivity index (χ0v) is 13.0. The Labute approximate surface area is 131 Å². The highest BCUT2D eigenvalue weighted by Gasteiger charge is 2.35. The molecule has 22 heavy (non-hydrogen) atoms. The van der Waals surface area contributed by atoms with Crippen molar-refractivity contribution in [2.24, 2.45) is 11.1 Å². The second-order valence-electron chi connectivity index (χ2n) is 6.14. The number of carbonyl (C=O) groups excluding carboxylic acids is 1. The Bertz CT molecular complexity index is 588. The molecule has 4 heteroatoms. The molecule has 4 nitrogen and oxygen atoms in total. The van der Waals surface area contributed by atoms with Crippen molar-refractivity contribution >= 4 is 11.6 Å². The summed E-state index contributed by atoms with van der Waals surface area (Å²) in [6.07, 6.45) is 4.50. The lowest BCUT2D eigenvalue weighted by molar-refractivity contribution is -0.133. The smallest absolute Gasteiger partial charge is 0.226 e. The Hall–Kier alpha value is -2.10. The van der Waals surface area contributed by atoms with Crippen LogP contribution in [-0.2, 0) is 9.63 Å². The van der Waals surface area contributed by atoms with Crippen molar-refractivity contribution in [3.63, 3.8) is 0 Å². The van der Waals surface area contributed by atoms with Gasteiger partial charge in [-0.25, -0.2) is 0 Å². The molecule has 2 aliphatic rings. The van der Waals surface area contributed by atoms with E-state index in [0.717, 1.165) is 30.5 Å². The van der Waals surface area contributed by atoms with Crippen LogP contribution < -0.4 is 0 Å². The predicted octanol–water partition coefficient (Wildman–Crippen LogP) is 2.91. The maximum atomic E-state index is 12.3. The van der Waals surface area contributed by atoms with Crippen molar-refractivity contribution in [3.8, 4) is 0 Å². The van der Waals surface area contributed by atoms with Gasteiger partial charge in [0.2, 0.25) is 5.91 Å². The van der Waals surface area contributed by atoms with Crippen LogP contribution in [0.15, 0.2) is 42.1 Å². The molecule has 116 valence electrons. The van der Waals surface area contributed by atoms with Crippen LogP contribution in [0.2, 0.25) is 0 Å². The van der Waals surface area contributed by atoms with Gasteiger partial charge >= 0.3 is 0 Å².